The molecule has 0 heterocycles. The molecule has 1 amide bonds. The van der Waals surface area contributed by atoms with Gasteiger partial charge in [-0.3, -0.25) is 4.79 Å². The number of rotatable bonds is 2. The summed E-state index contributed by atoms with van der Waals surface area (Å²) in [5.74, 6) is -0.336. The zero-order valence-corrected chi connectivity index (χ0v) is 9.78. The van der Waals surface area contributed by atoms with Crippen LogP contribution in [-0.4, -0.2) is 33.3 Å². The number of hydrogen-bond donors (Lipinski definition) is 2. The molecule has 1 aromatic rings. The number of primary sulfonamides is 1. The Labute approximate surface area is 93.9 Å². The number of nitrogen functional groups attached to an aromatic ring is 1. The Kier molecular flexibility index (Phi) is 3.20. The van der Waals surface area contributed by atoms with E-state index >= 15 is 0 Å². The van der Waals surface area contributed by atoms with E-state index in [-0.39, 0.29) is 22.1 Å². The molecule has 0 atom stereocenters. The molecule has 0 saturated heterocycles. The predicted octanol–water partition coefficient (Wildman–Crippen LogP) is -0.382. The van der Waals surface area contributed by atoms with Crippen molar-refractivity contribution in [2.24, 2.45) is 5.14 Å². The number of nitrogens with zero attached hydrogens (tertiary/aromatic N) is 1. The van der Waals surface area contributed by atoms with E-state index in [1.54, 1.807) is 14.1 Å². The van der Waals surface area contributed by atoms with Crippen LogP contribution >= 0.6 is 0 Å². The smallest absolute Gasteiger partial charge is 0.253 e. The van der Waals surface area contributed by atoms with Gasteiger partial charge in [0.1, 0.15) is 0 Å². The molecule has 0 aliphatic rings. The molecule has 0 aliphatic heterocycles. The Morgan fingerprint density at radius 3 is 2.25 bits per heavy atom. The molecule has 7 heteroatoms. The molecule has 16 heavy (non-hydrogen) atoms. The van der Waals surface area contributed by atoms with Gasteiger partial charge in [0.05, 0.1) is 4.90 Å². The minimum atomic E-state index is -3.86. The van der Waals surface area contributed by atoms with Gasteiger partial charge < -0.3 is 10.6 Å². The first-order valence-electron chi connectivity index (χ1n) is 4.37. The molecule has 0 unspecified atom stereocenters. The van der Waals surface area contributed by atoms with E-state index in [2.05, 4.69) is 0 Å². The first-order chi connectivity index (χ1) is 7.21. The molecule has 6 nitrogen and oxygen atoms in total. The van der Waals surface area contributed by atoms with Crippen LogP contribution < -0.4 is 10.9 Å². The van der Waals surface area contributed by atoms with Crippen molar-refractivity contribution in [3.05, 3.63) is 23.8 Å². The number of benzene rings is 1. The molecule has 1 rings (SSSR count). The highest BCUT2D eigenvalue weighted by Gasteiger charge is 2.14. The molecule has 88 valence electrons. The van der Waals surface area contributed by atoms with Crippen LogP contribution in [0, 0.1) is 0 Å². The van der Waals surface area contributed by atoms with Crippen molar-refractivity contribution in [1.29, 1.82) is 0 Å². The van der Waals surface area contributed by atoms with Crippen LogP contribution in [0.3, 0.4) is 0 Å². The average molecular weight is 243 g/mol. The van der Waals surface area contributed by atoms with Crippen LogP contribution in [0.1, 0.15) is 10.4 Å². The van der Waals surface area contributed by atoms with Gasteiger partial charge in [-0.2, -0.15) is 0 Å². The average Bonchev–Trinajstić information content (AvgIpc) is 2.14. The second-order valence-electron chi connectivity index (χ2n) is 3.54. The number of hydrogen-bond acceptors (Lipinski definition) is 4. The number of carbonyl (C=O) groups excluding carboxylic acids is 1. The van der Waals surface area contributed by atoms with Crippen molar-refractivity contribution < 1.29 is 13.2 Å². The van der Waals surface area contributed by atoms with Crippen LogP contribution in [0.5, 0.6) is 0 Å². The fraction of sp³-hybridized carbons (Fsp3) is 0.222. The molecule has 1 aromatic carbocycles. The van der Waals surface area contributed by atoms with Crippen LogP contribution in [0.4, 0.5) is 5.69 Å². The van der Waals surface area contributed by atoms with E-state index in [1.807, 2.05) is 0 Å². The summed E-state index contributed by atoms with van der Waals surface area (Å²) in [6, 6.07) is 3.81. The fourth-order valence-electron chi connectivity index (χ4n) is 1.17. The molecule has 0 aliphatic carbocycles. The number of sulfonamides is 1. The molecule has 0 spiro atoms. The Morgan fingerprint density at radius 1 is 1.25 bits per heavy atom. The van der Waals surface area contributed by atoms with Crippen LogP contribution in [-0.2, 0) is 10.0 Å². The lowest BCUT2D eigenvalue weighted by Gasteiger charge is -2.11. The summed E-state index contributed by atoms with van der Waals surface area (Å²) < 4.78 is 22.3. The summed E-state index contributed by atoms with van der Waals surface area (Å²) >= 11 is 0. The summed E-state index contributed by atoms with van der Waals surface area (Å²) in [7, 11) is -0.742. The minimum absolute atomic E-state index is 0.169. The quantitative estimate of drug-likeness (QED) is 0.690. The zero-order chi connectivity index (χ0) is 12.5. The lowest BCUT2D eigenvalue weighted by molar-refractivity contribution is 0.0827. The summed E-state index contributed by atoms with van der Waals surface area (Å²) in [5, 5.41) is 4.96. The van der Waals surface area contributed by atoms with E-state index < -0.39 is 10.0 Å². The molecule has 4 N–H and O–H groups in total. The van der Waals surface area contributed by atoms with Gasteiger partial charge in [-0.15, -0.1) is 0 Å². The number of carbonyl (C=O) groups is 1. The van der Waals surface area contributed by atoms with Gasteiger partial charge in [0, 0.05) is 25.3 Å². The maximum atomic E-state index is 11.6. The third kappa shape index (κ3) is 2.71. The van der Waals surface area contributed by atoms with Gasteiger partial charge in [-0.1, -0.05) is 0 Å². The first kappa shape index (κ1) is 12.5. The topological polar surface area (TPSA) is 106 Å². The Bertz CT molecular complexity index is 523. The molecular weight excluding hydrogens is 230 g/mol. The monoisotopic (exact) mass is 243 g/mol. The van der Waals surface area contributed by atoms with E-state index in [0.29, 0.717) is 0 Å². The van der Waals surface area contributed by atoms with Crippen molar-refractivity contribution in [2.45, 2.75) is 4.90 Å². The lowest BCUT2D eigenvalue weighted by atomic mass is 10.2. The third-order valence-electron chi connectivity index (χ3n) is 1.91. The highest BCUT2D eigenvalue weighted by molar-refractivity contribution is 7.89. The van der Waals surface area contributed by atoms with Crippen molar-refractivity contribution in [3.63, 3.8) is 0 Å². The number of nitrogens with two attached hydrogens (primary N) is 2. The molecule has 0 radical (unpaired) electrons. The molecule has 0 bridgehead atoms. The molecule has 0 fully saturated rings. The fourth-order valence-corrected chi connectivity index (χ4v) is 1.76. The third-order valence-corrected chi connectivity index (χ3v) is 2.80. The zero-order valence-electron chi connectivity index (χ0n) is 8.97. The maximum absolute atomic E-state index is 11.6. The Hall–Kier alpha value is -1.60. The van der Waals surface area contributed by atoms with Crippen LogP contribution in [0.25, 0.3) is 0 Å². The maximum Gasteiger partial charge on any atom is 0.253 e. The number of anilines is 1. The van der Waals surface area contributed by atoms with Crippen molar-refractivity contribution in [2.75, 3.05) is 19.8 Å². The van der Waals surface area contributed by atoms with Gasteiger partial charge in [-0.05, 0) is 18.2 Å². The predicted molar refractivity (Wildman–Crippen MR) is 60.2 cm³/mol. The number of amides is 1. The summed E-state index contributed by atoms with van der Waals surface area (Å²) in [6.07, 6.45) is 0. The Morgan fingerprint density at radius 2 is 1.81 bits per heavy atom. The van der Waals surface area contributed by atoms with Crippen molar-refractivity contribution in [1.82, 2.24) is 4.90 Å². The van der Waals surface area contributed by atoms with Crippen LogP contribution in [0.2, 0.25) is 0 Å². The van der Waals surface area contributed by atoms with Gasteiger partial charge in [0.2, 0.25) is 10.0 Å². The van der Waals surface area contributed by atoms with Crippen molar-refractivity contribution in [3.8, 4) is 0 Å². The Balaban J connectivity index is 3.35. The van der Waals surface area contributed by atoms with E-state index in [4.69, 9.17) is 10.9 Å². The standard InChI is InChI=1S/C9H13N3O3S/c1-12(2)9(13)6-3-7(10)5-8(4-6)16(11,14)15/h3-5H,10H2,1-2H3,(H2,11,14,15). The summed E-state index contributed by atoms with van der Waals surface area (Å²) in [4.78, 5) is 12.8. The minimum Gasteiger partial charge on any atom is -0.399 e. The molecule has 0 aromatic heterocycles. The first-order valence-corrected chi connectivity index (χ1v) is 5.91. The molecular formula is C9H13N3O3S. The van der Waals surface area contributed by atoms with E-state index in [9.17, 15) is 13.2 Å². The van der Waals surface area contributed by atoms with E-state index in [1.165, 1.54) is 23.1 Å². The summed E-state index contributed by atoms with van der Waals surface area (Å²) in [6.45, 7) is 0. The normalized spacial score (nSPS) is 11.2. The highest BCUT2D eigenvalue weighted by Crippen LogP contribution is 2.16. The second-order valence-corrected chi connectivity index (χ2v) is 5.10. The van der Waals surface area contributed by atoms with Crippen molar-refractivity contribution >= 4 is 21.6 Å². The lowest BCUT2D eigenvalue weighted by Crippen LogP contribution is -2.22. The second kappa shape index (κ2) is 4.11. The van der Waals surface area contributed by atoms with Gasteiger partial charge in [0.25, 0.3) is 5.91 Å². The van der Waals surface area contributed by atoms with E-state index in [0.717, 1.165) is 0 Å². The molecule has 0 saturated carbocycles. The van der Waals surface area contributed by atoms with Gasteiger partial charge in [-0.25, -0.2) is 13.6 Å². The highest BCUT2D eigenvalue weighted by atomic mass is 32.2. The SMILES string of the molecule is CN(C)C(=O)c1cc(N)cc(S(N)(=O)=O)c1. The summed E-state index contributed by atoms with van der Waals surface area (Å²) in [5.41, 5.74) is 5.87. The van der Waals surface area contributed by atoms with Gasteiger partial charge >= 0.3 is 0 Å². The largest absolute Gasteiger partial charge is 0.399 e. The van der Waals surface area contributed by atoms with Gasteiger partial charge in [0.15, 0.2) is 0 Å². The van der Waals surface area contributed by atoms with Crippen LogP contribution in [0.15, 0.2) is 23.1 Å².